The predicted octanol–water partition coefficient (Wildman–Crippen LogP) is 5.61. The molecule has 1 unspecified atom stereocenters. The first-order valence-corrected chi connectivity index (χ1v) is 14.9. The fourth-order valence-electron chi connectivity index (χ4n) is 8.81. The lowest BCUT2D eigenvalue weighted by atomic mass is 9.49. The van der Waals surface area contributed by atoms with Crippen LogP contribution < -0.4 is 4.74 Å². The van der Waals surface area contributed by atoms with E-state index < -0.39 is 11.0 Å². The highest BCUT2D eigenvalue weighted by atomic mass is 16.5. The van der Waals surface area contributed by atoms with Gasteiger partial charge in [-0.1, -0.05) is 66.7 Å². The van der Waals surface area contributed by atoms with E-state index >= 15 is 0 Å². The number of phenolic OH excluding ortho intramolecular Hbond substituents is 1. The third kappa shape index (κ3) is 2.94. The van der Waals surface area contributed by atoms with Crippen molar-refractivity contribution in [3.8, 4) is 22.6 Å². The zero-order valence-electron chi connectivity index (χ0n) is 22.6. The Bertz CT molecular complexity index is 1640. The Morgan fingerprint density at radius 3 is 2.50 bits per heavy atom. The Labute approximate surface area is 234 Å². The molecule has 4 atom stereocenters. The number of benzene rings is 3. The Kier molecular flexibility index (Phi) is 4.65. The van der Waals surface area contributed by atoms with E-state index in [9.17, 15) is 10.2 Å². The van der Waals surface area contributed by atoms with Gasteiger partial charge in [0.05, 0.1) is 16.7 Å². The molecule has 0 radical (unpaired) electrons. The normalized spacial score (nSPS) is 29.5. The van der Waals surface area contributed by atoms with Crippen LogP contribution in [0.1, 0.15) is 53.3 Å². The standard InChI is InChI=1S/C35H34N2O3/c38-28-14-13-25-17-29-35(39)18-26-27(24-9-5-2-6-10-24)21-37(20-22-7-3-1-4-8-22)31(26)33-34(35,30(25)32(28)40-33)15-16-36(29)19-23-11-12-23/h1-10,13-14,21,23,29,33,38-39H,11-12,15-20H2/t29?,33-,34-,35+/m0/s1. The summed E-state index contributed by atoms with van der Waals surface area (Å²) in [6.45, 7) is 2.76. The summed E-state index contributed by atoms with van der Waals surface area (Å²) in [6, 6.07) is 25.1. The molecular formula is C35H34N2O3. The average molecular weight is 531 g/mol. The van der Waals surface area contributed by atoms with Gasteiger partial charge in [-0.05, 0) is 66.5 Å². The van der Waals surface area contributed by atoms with E-state index in [1.807, 2.05) is 0 Å². The highest BCUT2D eigenvalue weighted by molar-refractivity contribution is 5.73. The van der Waals surface area contributed by atoms with Crippen LogP contribution >= 0.6 is 0 Å². The molecule has 1 saturated carbocycles. The van der Waals surface area contributed by atoms with Gasteiger partial charge >= 0.3 is 0 Å². The number of piperidine rings is 1. The summed E-state index contributed by atoms with van der Waals surface area (Å²) in [6.07, 6.45) is 6.75. The van der Waals surface area contributed by atoms with Crippen molar-refractivity contribution in [1.29, 1.82) is 0 Å². The molecule has 5 nitrogen and oxygen atoms in total. The predicted molar refractivity (Wildman–Crippen MR) is 154 cm³/mol. The van der Waals surface area contributed by atoms with Gasteiger partial charge in [0.15, 0.2) is 17.6 Å². The first-order chi connectivity index (χ1) is 19.6. The van der Waals surface area contributed by atoms with Gasteiger partial charge in [0.25, 0.3) is 0 Å². The topological polar surface area (TPSA) is 57.9 Å². The second-order valence-electron chi connectivity index (χ2n) is 12.8. The molecule has 3 aliphatic carbocycles. The van der Waals surface area contributed by atoms with Crippen LogP contribution in [0.25, 0.3) is 11.1 Å². The quantitative estimate of drug-likeness (QED) is 0.352. The summed E-state index contributed by atoms with van der Waals surface area (Å²) in [5.74, 6) is 1.54. The molecule has 3 heterocycles. The summed E-state index contributed by atoms with van der Waals surface area (Å²) in [5.41, 5.74) is 6.68. The van der Waals surface area contributed by atoms with Gasteiger partial charge in [0.2, 0.25) is 0 Å². The minimum Gasteiger partial charge on any atom is -0.504 e. The second-order valence-corrected chi connectivity index (χ2v) is 12.8. The van der Waals surface area contributed by atoms with Gasteiger partial charge in [-0.15, -0.1) is 0 Å². The number of aromatic nitrogens is 1. The van der Waals surface area contributed by atoms with Crippen LogP contribution in [0.2, 0.25) is 0 Å². The number of rotatable bonds is 5. The lowest BCUT2D eigenvalue weighted by Gasteiger charge is -2.63. The number of nitrogens with zero attached hydrogens (tertiary/aromatic N) is 2. The third-order valence-electron chi connectivity index (χ3n) is 10.7. The fourth-order valence-corrected chi connectivity index (χ4v) is 8.81. The second kappa shape index (κ2) is 8.02. The van der Waals surface area contributed by atoms with Crippen LogP contribution in [-0.4, -0.2) is 44.4 Å². The molecule has 2 bridgehead atoms. The molecule has 202 valence electrons. The molecular weight excluding hydrogens is 496 g/mol. The van der Waals surface area contributed by atoms with Crippen molar-refractivity contribution in [2.24, 2.45) is 5.92 Å². The van der Waals surface area contributed by atoms with Gasteiger partial charge in [0.1, 0.15) is 0 Å². The van der Waals surface area contributed by atoms with Gasteiger partial charge in [-0.2, -0.15) is 0 Å². The van der Waals surface area contributed by atoms with Crippen LogP contribution in [0.3, 0.4) is 0 Å². The molecule has 2 fully saturated rings. The molecule has 9 rings (SSSR count). The third-order valence-corrected chi connectivity index (χ3v) is 10.7. The van der Waals surface area contributed by atoms with Crippen LogP contribution in [0, 0.1) is 5.92 Å². The molecule has 0 amide bonds. The first-order valence-electron chi connectivity index (χ1n) is 14.9. The lowest BCUT2D eigenvalue weighted by molar-refractivity contribution is -0.173. The Balaban J connectivity index is 1.29. The number of ether oxygens (including phenoxy) is 1. The molecule has 4 aromatic rings. The summed E-state index contributed by atoms with van der Waals surface area (Å²) in [4.78, 5) is 2.60. The fraction of sp³-hybridized carbons (Fsp3) is 0.371. The molecule has 2 N–H and O–H groups in total. The van der Waals surface area contributed by atoms with E-state index in [0.717, 1.165) is 49.7 Å². The van der Waals surface area contributed by atoms with E-state index in [4.69, 9.17) is 4.74 Å². The van der Waals surface area contributed by atoms with Gasteiger partial charge in [-0.25, -0.2) is 0 Å². The van der Waals surface area contributed by atoms with E-state index in [1.54, 1.807) is 6.07 Å². The average Bonchev–Trinajstić information content (AvgIpc) is 3.62. The lowest BCUT2D eigenvalue weighted by Crippen LogP contribution is -2.74. The summed E-state index contributed by atoms with van der Waals surface area (Å²) >= 11 is 0. The number of phenols is 1. The molecule has 5 aliphatic rings. The monoisotopic (exact) mass is 530 g/mol. The summed E-state index contributed by atoms with van der Waals surface area (Å²) in [5, 5.41) is 24.3. The molecule has 1 spiro atoms. The number of fused-ring (bicyclic) bond motifs is 2. The number of likely N-dealkylation sites (tertiary alicyclic amines) is 1. The minimum atomic E-state index is -0.980. The largest absolute Gasteiger partial charge is 0.504 e. The minimum absolute atomic E-state index is 0.0326. The number of hydrogen-bond acceptors (Lipinski definition) is 4. The maximum Gasteiger partial charge on any atom is 0.166 e. The molecule has 5 heteroatoms. The molecule has 2 aliphatic heterocycles. The van der Waals surface area contributed by atoms with Crippen LogP contribution in [0.15, 0.2) is 79.0 Å². The van der Waals surface area contributed by atoms with Crippen molar-refractivity contribution in [2.45, 2.75) is 61.8 Å². The van der Waals surface area contributed by atoms with Crippen molar-refractivity contribution in [3.05, 3.63) is 107 Å². The number of hydrogen-bond donors (Lipinski definition) is 2. The highest BCUT2D eigenvalue weighted by Gasteiger charge is 2.73. The summed E-state index contributed by atoms with van der Waals surface area (Å²) in [7, 11) is 0. The van der Waals surface area contributed by atoms with E-state index in [2.05, 4.69) is 82.4 Å². The molecule has 1 aromatic heterocycles. The Hall–Kier alpha value is -3.54. The van der Waals surface area contributed by atoms with Gasteiger partial charge in [0, 0.05) is 42.9 Å². The van der Waals surface area contributed by atoms with Gasteiger partial charge in [-0.3, -0.25) is 4.90 Å². The van der Waals surface area contributed by atoms with E-state index in [0.29, 0.717) is 12.2 Å². The number of aliphatic hydroxyl groups is 1. The zero-order chi connectivity index (χ0) is 26.6. The van der Waals surface area contributed by atoms with Crippen molar-refractivity contribution < 1.29 is 14.9 Å². The summed E-state index contributed by atoms with van der Waals surface area (Å²) < 4.78 is 9.28. The van der Waals surface area contributed by atoms with E-state index in [1.165, 1.54) is 40.7 Å². The van der Waals surface area contributed by atoms with Crippen LogP contribution in [0.5, 0.6) is 11.5 Å². The SMILES string of the molecule is Oc1ccc2c3c1O[C@H]1c4c(c(-c5ccccc5)cn4Cc4ccccc4)C[C@@]4(O)C(C2)N(CC2CC2)CC[C@]314. The van der Waals surface area contributed by atoms with Gasteiger partial charge < -0.3 is 19.5 Å². The molecule has 3 aromatic carbocycles. The van der Waals surface area contributed by atoms with Crippen molar-refractivity contribution in [3.63, 3.8) is 0 Å². The zero-order valence-corrected chi connectivity index (χ0v) is 22.6. The van der Waals surface area contributed by atoms with Crippen LogP contribution in [-0.2, 0) is 24.8 Å². The molecule has 1 saturated heterocycles. The highest BCUT2D eigenvalue weighted by Crippen LogP contribution is 2.69. The maximum absolute atomic E-state index is 13.2. The number of aromatic hydroxyl groups is 1. The Morgan fingerprint density at radius 2 is 1.73 bits per heavy atom. The van der Waals surface area contributed by atoms with E-state index in [-0.39, 0.29) is 17.9 Å². The maximum atomic E-state index is 13.2. The van der Waals surface area contributed by atoms with Crippen molar-refractivity contribution in [1.82, 2.24) is 9.47 Å². The van der Waals surface area contributed by atoms with Crippen molar-refractivity contribution >= 4 is 0 Å². The van der Waals surface area contributed by atoms with Crippen LogP contribution in [0.4, 0.5) is 0 Å². The first kappa shape index (κ1) is 23.2. The Morgan fingerprint density at radius 1 is 0.950 bits per heavy atom. The molecule has 40 heavy (non-hydrogen) atoms. The van der Waals surface area contributed by atoms with Crippen molar-refractivity contribution in [2.75, 3.05) is 13.1 Å². The smallest absolute Gasteiger partial charge is 0.166 e.